The Morgan fingerprint density at radius 2 is 1.95 bits per heavy atom. The fourth-order valence-corrected chi connectivity index (χ4v) is 2.89. The highest BCUT2D eigenvalue weighted by Gasteiger charge is 2.04. The summed E-state index contributed by atoms with van der Waals surface area (Å²) in [5, 5.41) is 6.72. The SMILES string of the molecule is Clc1cncc(NCCc2csc(-c3ccccc3)n2)n1. The smallest absolute Gasteiger partial charge is 0.149 e. The Kier molecular flexibility index (Phi) is 4.43. The molecular formula is C15H13ClN4S. The van der Waals surface area contributed by atoms with Gasteiger partial charge in [-0.3, -0.25) is 4.98 Å². The third kappa shape index (κ3) is 3.77. The Bertz CT molecular complexity index is 714. The van der Waals surface area contributed by atoms with Gasteiger partial charge in [-0.05, 0) is 0 Å². The van der Waals surface area contributed by atoms with Crippen LogP contribution in [0.2, 0.25) is 5.15 Å². The van der Waals surface area contributed by atoms with E-state index in [1.807, 2.05) is 18.2 Å². The molecule has 0 unspecified atom stereocenters. The van der Waals surface area contributed by atoms with Crippen LogP contribution in [0.25, 0.3) is 10.6 Å². The molecule has 0 radical (unpaired) electrons. The van der Waals surface area contributed by atoms with Crippen LogP contribution >= 0.6 is 22.9 Å². The lowest BCUT2D eigenvalue weighted by atomic mass is 10.2. The predicted octanol–water partition coefficient (Wildman–Crippen LogP) is 3.91. The largest absolute Gasteiger partial charge is 0.368 e. The molecule has 0 aliphatic heterocycles. The van der Waals surface area contributed by atoms with Gasteiger partial charge in [-0.25, -0.2) is 9.97 Å². The van der Waals surface area contributed by atoms with Gasteiger partial charge in [-0.1, -0.05) is 41.9 Å². The van der Waals surface area contributed by atoms with Crippen LogP contribution in [0.1, 0.15) is 5.69 Å². The minimum atomic E-state index is 0.389. The van der Waals surface area contributed by atoms with E-state index in [-0.39, 0.29) is 0 Å². The molecule has 1 N–H and O–H groups in total. The molecule has 0 aliphatic carbocycles. The number of nitrogens with one attached hydrogen (secondary N) is 1. The molecule has 0 saturated carbocycles. The van der Waals surface area contributed by atoms with Crippen molar-refractivity contribution in [3.8, 4) is 10.6 Å². The zero-order valence-electron chi connectivity index (χ0n) is 11.2. The third-order valence-corrected chi connectivity index (χ3v) is 3.99. The number of benzene rings is 1. The highest BCUT2D eigenvalue weighted by molar-refractivity contribution is 7.13. The topological polar surface area (TPSA) is 50.7 Å². The summed E-state index contributed by atoms with van der Waals surface area (Å²) in [5.41, 5.74) is 2.23. The summed E-state index contributed by atoms with van der Waals surface area (Å²) in [6.07, 6.45) is 4.00. The van der Waals surface area contributed by atoms with Crippen LogP contribution in [0.3, 0.4) is 0 Å². The molecule has 1 aromatic carbocycles. The van der Waals surface area contributed by atoms with Crippen LogP contribution in [0.15, 0.2) is 48.1 Å². The van der Waals surface area contributed by atoms with E-state index in [1.54, 1.807) is 17.5 Å². The monoisotopic (exact) mass is 316 g/mol. The van der Waals surface area contributed by atoms with E-state index in [4.69, 9.17) is 11.6 Å². The van der Waals surface area contributed by atoms with Gasteiger partial charge in [0.15, 0.2) is 0 Å². The number of thiazole rings is 1. The maximum Gasteiger partial charge on any atom is 0.149 e. The maximum absolute atomic E-state index is 5.79. The molecular weight excluding hydrogens is 304 g/mol. The predicted molar refractivity (Wildman–Crippen MR) is 86.8 cm³/mol. The van der Waals surface area contributed by atoms with Gasteiger partial charge in [-0.15, -0.1) is 11.3 Å². The Hall–Kier alpha value is -1.98. The molecule has 0 amide bonds. The van der Waals surface area contributed by atoms with Crippen LogP contribution in [0, 0.1) is 0 Å². The minimum Gasteiger partial charge on any atom is -0.368 e. The van der Waals surface area contributed by atoms with Crippen molar-refractivity contribution in [1.29, 1.82) is 0 Å². The molecule has 3 rings (SSSR count). The molecule has 0 saturated heterocycles. The first-order chi connectivity index (χ1) is 10.3. The number of nitrogens with zero attached hydrogens (tertiary/aromatic N) is 3. The lowest BCUT2D eigenvalue weighted by Gasteiger charge is -2.03. The first-order valence-electron chi connectivity index (χ1n) is 6.52. The van der Waals surface area contributed by atoms with Gasteiger partial charge in [0.2, 0.25) is 0 Å². The van der Waals surface area contributed by atoms with Gasteiger partial charge in [0.1, 0.15) is 16.0 Å². The van der Waals surface area contributed by atoms with Crippen molar-refractivity contribution in [2.24, 2.45) is 0 Å². The van der Waals surface area contributed by atoms with Crippen molar-refractivity contribution < 1.29 is 0 Å². The second-order valence-electron chi connectivity index (χ2n) is 4.41. The van der Waals surface area contributed by atoms with Crippen molar-refractivity contribution in [2.75, 3.05) is 11.9 Å². The van der Waals surface area contributed by atoms with Crippen LogP contribution in [0.5, 0.6) is 0 Å². The van der Waals surface area contributed by atoms with Gasteiger partial charge in [0.05, 0.1) is 18.1 Å². The Balaban J connectivity index is 1.58. The maximum atomic E-state index is 5.79. The Morgan fingerprint density at radius 3 is 2.76 bits per heavy atom. The number of aromatic nitrogens is 3. The summed E-state index contributed by atoms with van der Waals surface area (Å²) in [7, 11) is 0. The molecule has 0 atom stereocenters. The first-order valence-corrected chi connectivity index (χ1v) is 7.78. The van der Waals surface area contributed by atoms with Crippen molar-refractivity contribution in [3.63, 3.8) is 0 Å². The van der Waals surface area contributed by atoms with Crippen LogP contribution < -0.4 is 5.32 Å². The van der Waals surface area contributed by atoms with Gasteiger partial charge in [-0.2, -0.15) is 0 Å². The van der Waals surface area contributed by atoms with Crippen LogP contribution in [-0.2, 0) is 6.42 Å². The molecule has 0 aliphatic rings. The lowest BCUT2D eigenvalue weighted by molar-refractivity contribution is 0.965. The quantitative estimate of drug-likeness (QED) is 0.775. The molecule has 0 spiro atoms. The van der Waals surface area contributed by atoms with E-state index in [0.717, 1.165) is 29.2 Å². The molecule has 0 fully saturated rings. The number of hydrogen-bond acceptors (Lipinski definition) is 5. The standard InChI is InChI=1S/C15H13ClN4S/c16-13-8-17-9-14(20-13)18-7-6-12-10-21-15(19-12)11-4-2-1-3-5-11/h1-5,8-10H,6-7H2,(H,18,20). The highest BCUT2D eigenvalue weighted by Crippen LogP contribution is 2.23. The van der Waals surface area contributed by atoms with Crippen molar-refractivity contribution >= 4 is 28.8 Å². The summed E-state index contributed by atoms with van der Waals surface area (Å²) in [5.74, 6) is 0.681. The second-order valence-corrected chi connectivity index (χ2v) is 5.66. The molecule has 21 heavy (non-hydrogen) atoms. The molecule has 0 bridgehead atoms. The van der Waals surface area contributed by atoms with E-state index in [1.165, 1.54) is 6.20 Å². The van der Waals surface area contributed by atoms with Crippen LogP contribution in [0.4, 0.5) is 5.82 Å². The summed E-state index contributed by atoms with van der Waals surface area (Å²) >= 11 is 7.45. The van der Waals surface area contributed by atoms with Crippen molar-refractivity contribution in [3.05, 3.63) is 59.0 Å². The van der Waals surface area contributed by atoms with E-state index in [9.17, 15) is 0 Å². The summed E-state index contributed by atoms with van der Waals surface area (Å²) < 4.78 is 0. The Labute approximate surface area is 131 Å². The summed E-state index contributed by atoms with van der Waals surface area (Å²) in [6, 6.07) is 10.2. The molecule has 6 heteroatoms. The van der Waals surface area contributed by atoms with Gasteiger partial charge in [0, 0.05) is 23.9 Å². The van der Waals surface area contributed by atoms with E-state index in [2.05, 4.69) is 37.8 Å². The van der Waals surface area contributed by atoms with Crippen molar-refractivity contribution in [1.82, 2.24) is 15.0 Å². The first kappa shape index (κ1) is 14.0. The zero-order chi connectivity index (χ0) is 14.5. The van der Waals surface area contributed by atoms with Crippen molar-refractivity contribution in [2.45, 2.75) is 6.42 Å². The Morgan fingerprint density at radius 1 is 1.10 bits per heavy atom. The summed E-state index contributed by atoms with van der Waals surface area (Å²) in [6.45, 7) is 0.743. The second kappa shape index (κ2) is 6.65. The number of hydrogen-bond donors (Lipinski definition) is 1. The molecule has 3 aromatic rings. The zero-order valence-corrected chi connectivity index (χ0v) is 12.7. The molecule has 106 valence electrons. The van der Waals surface area contributed by atoms with E-state index in [0.29, 0.717) is 11.0 Å². The van der Waals surface area contributed by atoms with Gasteiger partial charge >= 0.3 is 0 Å². The number of halogens is 1. The average molecular weight is 317 g/mol. The lowest BCUT2D eigenvalue weighted by Crippen LogP contribution is -2.06. The fraction of sp³-hybridized carbons (Fsp3) is 0.133. The molecule has 2 heterocycles. The average Bonchev–Trinajstić information content (AvgIpc) is 2.97. The normalized spacial score (nSPS) is 10.5. The number of anilines is 1. The van der Waals surface area contributed by atoms with Gasteiger partial charge < -0.3 is 5.32 Å². The highest BCUT2D eigenvalue weighted by atomic mass is 35.5. The van der Waals surface area contributed by atoms with E-state index >= 15 is 0 Å². The van der Waals surface area contributed by atoms with Crippen LogP contribution in [-0.4, -0.2) is 21.5 Å². The van der Waals surface area contributed by atoms with E-state index < -0.39 is 0 Å². The third-order valence-electron chi connectivity index (χ3n) is 2.86. The molecule has 2 aromatic heterocycles. The summed E-state index contributed by atoms with van der Waals surface area (Å²) in [4.78, 5) is 12.8. The van der Waals surface area contributed by atoms with Gasteiger partial charge in [0.25, 0.3) is 0 Å². The fourth-order valence-electron chi connectivity index (χ4n) is 1.88. The minimum absolute atomic E-state index is 0.389. The number of rotatable bonds is 5. The molecule has 4 nitrogen and oxygen atoms in total.